The summed E-state index contributed by atoms with van der Waals surface area (Å²) < 4.78 is 4.64. The molecule has 4 nitrogen and oxygen atoms in total. The Balaban J connectivity index is 2.33. The molecule has 2 aromatic rings. The van der Waals surface area contributed by atoms with Crippen molar-refractivity contribution in [2.45, 2.75) is 12.8 Å². The molecule has 1 aromatic heterocycles. The molecule has 17 heavy (non-hydrogen) atoms. The molecular weight excluding hydrogens is 218 g/mol. The lowest BCUT2D eigenvalue weighted by molar-refractivity contribution is -0.139. The standard InChI is InChI=1S/C13H15NO3/c1-17-13(16)7-9-2-3-12-11(6-9)10(4-5-15)8-14-12/h2-3,6,8,14-15H,4-5,7H2,1H3. The fraction of sp³-hybridized carbons (Fsp3) is 0.308. The highest BCUT2D eigenvalue weighted by Crippen LogP contribution is 2.20. The number of rotatable bonds is 4. The number of hydrogen-bond donors (Lipinski definition) is 2. The van der Waals surface area contributed by atoms with E-state index >= 15 is 0 Å². The van der Waals surface area contributed by atoms with Crippen molar-refractivity contribution < 1.29 is 14.6 Å². The molecule has 0 spiro atoms. The third kappa shape index (κ3) is 2.47. The molecule has 1 aromatic carbocycles. The predicted molar refractivity (Wildman–Crippen MR) is 64.8 cm³/mol. The van der Waals surface area contributed by atoms with E-state index in [0.29, 0.717) is 6.42 Å². The van der Waals surface area contributed by atoms with Gasteiger partial charge in [-0.25, -0.2) is 0 Å². The molecular formula is C13H15NO3. The maximum Gasteiger partial charge on any atom is 0.309 e. The predicted octanol–water partition coefficient (Wildman–Crippen LogP) is 1.42. The first kappa shape index (κ1) is 11.7. The van der Waals surface area contributed by atoms with E-state index < -0.39 is 0 Å². The molecule has 0 atom stereocenters. The Kier molecular flexibility index (Phi) is 3.44. The van der Waals surface area contributed by atoms with Gasteiger partial charge in [0.25, 0.3) is 0 Å². The second-order valence-electron chi connectivity index (χ2n) is 3.92. The van der Waals surface area contributed by atoms with Crippen LogP contribution in [0.1, 0.15) is 11.1 Å². The zero-order valence-corrected chi connectivity index (χ0v) is 9.69. The van der Waals surface area contributed by atoms with Crippen molar-refractivity contribution in [3.63, 3.8) is 0 Å². The first-order chi connectivity index (χ1) is 8.24. The van der Waals surface area contributed by atoms with E-state index in [-0.39, 0.29) is 19.0 Å². The van der Waals surface area contributed by atoms with Crippen LogP contribution in [0.2, 0.25) is 0 Å². The number of hydrogen-bond acceptors (Lipinski definition) is 3. The monoisotopic (exact) mass is 233 g/mol. The molecule has 90 valence electrons. The smallest absolute Gasteiger partial charge is 0.309 e. The van der Waals surface area contributed by atoms with Crippen molar-refractivity contribution in [1.82, 2.24) is 4.98 Å². The van der Waals surface area contributed by atoms with Gasteiger partial charge < -0.3 is 14.8 Å². The molecule has 0 saturated heterocycles. The number of fused-ring (bicyclic) bond motifs is 1. The molecule has 0 aliphatic rings. The van der Waals surface area contributed by atoms with E-state index in [1.54, 1.807) is 0 Å². The molecule has 2 N–H and O–H groups in total. The highest BCUT2D eigenvalue weighted by molar-refractivity contribution is 5.85. The SMILES string of the molecule is COC(=O)Cc1ccc2[nH]cc(CCO)c2c1. The van der Waals surface area contributed by atoms with Crippen molar-refractivity contribution in [3.05, 3.63) is 35.5 Å². The number of carbonyl (C=O) groups is 1. The van der Waals surface area contributed by atoms with Gasteiger partial charge in [-0.3, -0.25) is 4.79 Å². The van der Waals surface area contributed by atoms with Crippen LogP contribution < -0.4 is 0 Å². The lowest BCUT2D eigenvalue weighted by atomic mass is 10.1. The lowest BCUT2D eigenvalue weighted by Gasteiger charge is -2.01. The second-order valence-corrected chi connectivity index (χ2v) is 3.92. The number of ether oxygens (including phenoxy) is 1. The molecule has 0 amide bonds. The molecule has 4 heteroatoms. The van der Waals surface area contributed by atoms with Gasteiger partial charge in [0.05, 0.1) is 13.5 Å². The highest BCUT2D eigenvalue weighted by Gasteiger charge is 2.07. The van der Waals surface area contributed by atoms with Crippen LogP contribution >= 0.6 is 0 Å². The molecule has 0 fully saturated rings. The van der Waals surface area contributed by atoms with E-state index in [1.807, 2.05) is 24.4 Å². The average molecular weight is 233 g/mol. The number of H-pyrrole nitrogens is 1. The molecule has 0 aliphatic heterocycles. The van der Waals surface area contributed by atoms with Crippen molar-refractivity contribution in [1.29, 1.82) is 0 Å². The zero-order chi connectivity index (χ0) is 12.3. The van der Waals surface area contributed by atoms with Crippen molar-refractivity contribution in [2.24, 2.45) is 0 Å². The van der Waals surface area contributed by atoms with Gasteiger partial charge in [0.1, 0.15) is 0 Å². The summed E-state index contributed by atoms with van der Waals surface area (Å²) in [6.07, 6.45) is 2.78. The number of methoxy groups -OCH3 is 1. The Bertz CT molecular complexity index is 530. The van der Waals surface area contributed by atoms with Crippen LogP contribution in [0.25, 0.3) is 10.9 Å². The Morgan fingerprint density at radius 1 is 1.47 bits per heavy atom. The summed E-state index contributed by atoms with van der Waals surface area (Å²) in [5.41, 5.74) is 3.00. The van der Waals surface area contributed by atoms with Crippen LogP contribution in [-0.4, -0.2) is 29.8 Å². The summed E-state index contributed by atoms with van der Waals surface area (Å²) in [6, 6.07) is 5.81. The first-order valence-electron chi connectivity index (χ1n) is 5.51. The molecule has 0 aliphatic carbocycles. The maximum atomic E-state index is 11.2. The summed E-state index contributed by atoms with van der Waals surface area (Å²) in [5.74, 6) is -0.247. The number of aliphatic hydroxyl groups is 1. The number of esters is 1. The molecule has 0 bridgehead atoms. The third-order valence-electron chi connectivity index (χ3n) is 2.79. The third-order valence-corrected chi connectivity index (χ3v) is 2.79. The summed E-state index contributed by atoms with van der Waals surface area (Å²) in [4.78, 5) is 14.3. The number of aromatic amines is 1. The summed E-state index contributed by atoms with van der Waals surface area (Å²) in [5, 5.41) is 10.0. The normalized spacial score (nSPS) is 10.7. The van der Waals surface area contributed by atoms with Gasteiger partial charge in [-0.1, -0.05) is 6.07 Å². The minimum absolute atomic E-state index is 0.119. The highest BCUT2D eigenvalue weighted by atomic mass is 16.5. The average Bonchev–Trinajstić information content (AvgIpc) is 2.73. The van der Waals surface area contributed by atoms with Crippen molar-refractivity contribution in [3.8, 4) is 0 Å². The number of benzene rings is 1. The van der Waals surface area contributed by atoms with Crippen LogP contribution in [0, 0.1) is 0 Å². The van der Waals surface area contributed by atoms with Crippen LogP contribution in [0.4, 0.5) is 0 Å². The van der Waals surface area contributed by atoms with Gasteiger partial charge >= 0.3 is 5.97 Å². The van der Waals surface area contributed by atoms with Gasteiger partial charge in [-0.15, -0.1) is 0 Å². The zero-order valence-electron chi connectivity index (χ0n) is 9.69. The summed E-state index contributed by atoms with van der Waals surface area (Å²) >= 11 is 0. The number of carbonyl (C=O) groups excluding carboxylic acids is 1. The van der Waals surface area contributed by atoms with Gasteiger partial charge in [0, 0.05) is 23.7 Å². The molecule has 0 unspecified atom stereocenters. The Morgan fingerprint density at radius 2 is 2.29 bits per heavy atom. The van der Waals surface area contributed by atoms with Gasteiger partial charge in [0.2, 0.25) is 0 Å². The fourth-order valence-corrected chi connectivity index (χ4v) is 1.90. The van der Waals surface area contributed by atoms with E-state index in [2.05, 4.69) is 9.72 Å². The maximum absolute atomic E-state index is 11.2. The fourth-order valence-electron chi connectivity index (χ4n) is 1.90. The Hall–Kier alpha value is -1.81. The van der Waals surface area contributed by atoms with Gasteiger partial charge in [-0.05, 0) is 29.7 Å². The van der Waals surface area contributed by atoms with Crippen LogP contribution in [0.5, 0.6) is 0 Å². The number of aliphatic hydroxyl groups excluding tert-OH is 1. The van der Waals surface area contributed by atoms with Crippen molar-refractivity contribution >= 4 is 16.9 Å². The molecule has 1 heterocycles. The van der Waals surface area contributed by atoms with E-state index in [0.717, 1.165) is 22.0 Å². The van der Waals surface area contributed by atoms with Gasteiger partial charge in [-0.2, -0.15) is 0 Å². The van der Waals surface area contributed by atoms with Crippen molar-refractivity contribution in [2.75, 3.05) is 13.7 Å². The Labute approximate surface area is 99.2 Å². The number of nitrogens with one attached hydrogen (secondary N) is 1. The van der Waals surface area contributed by atoms with E-state index in [9.17, 15) is 4.79 Å². The quantitative estimate of drug-likeness (QED) is 0.785. The molecule has 2 rings (SSSR count). The molecule has 0 saturated carbocycles. The number of aromatic nitrogens is 1. The van der Waals surface area contributed by atoms with Crippen LogP contribution in [-0.2, 0) is 22.4 Å². The first-order valence-corrected chi connectivity index (χ1v) is 5.51. The minimum Gasteiger partial charge on any atom is -0.469 e. The van der Waals surface area contributed by atoms with Gasteiger partial charge in [0.15, 0.2) is 0 Å². The van der Waals surface area contributed by atoms with E-state index in [1.165, 1.54) is 7.11 Å². The van der Waals surface area contributed by atoms with Crippen LogP contribution in [0.15, 0.2) is 24.4 Å². The minimum atomic E-state index is -0.247. The lowest BCUT2D eigenvalue weighted by Crippen LogP contribution is -2.04. The molecule has 0 radical (unpaired) electrons. The summed E-state index contributed by atoms with van der Waals surface area (Å²) in [7, 11) is 1.38. The second kappa shape index (κ2) is 5.01. The topological polar surface area (TPSA) is 62.3 Å². The van der Waals surface area contributed by atoms with E-state index in [4.69, 9.17) is 5.11 Å². The largest absolute Gasteiger partial charge is 0.469 e. The summed E-state index contributed by atoms with van der Waals surface area (Å²) in [6.45, 7) is 0.119. The Morgan fingerprint density at radius 3 is 3.00 bits per heavy atom. The van der Waals surface area contributed by atoms with Crippen LogP contribution in [0.3, 0.4) is 0 Å².